The molecule has 1 unspecified atom stereocenters. The molecule has 0 N–H and O–H groups in total. The van der Waals surface area contributed by atoms with Crippen molar-refractivity contribution in [3.05, 3.63) is 36.0 Å². The van der Waals surface area contributed by atoms with Crippen molar-refractivity contribution in [3.8, 4) is 5.75 Å². The zero-order valence-corrected chi connectivity index (χ0v) is 11.0. The summed E-state index contributed by atoms with van der Waals surface area (Å²) in [6.07, 6.45) is 1.81. The topological polar surface area (TPSA) is 12.5 Å². The van der Waals surface area contributed by atoms with Crippen molar-refractivity contribution in [2.75, 3.05) is 11.4 Å². The Morgan fingerprint density at radius 1 is 1.15 bits per heavy atom. The van der Waals surface area contributed by atoms with Crippen molar-refractivity contribution in [1.29, 1.82) is 0 Å². The van der Waals surface area contributed by atoms with E-state index in [9.17, 15) is 13.2 Å². The van der Waals surface area contributed by atoms with Crippen LogP contribution in [0.15, 0.2) is 36.0 Å². The second-order valence-electron chi connectivity index (χ2n) is 5.21. The van der Waals surface area contributed by atoms with E-state index < -0.39 is 6.36 Å². The fourth-order valence-electron chi connectivity index (χ4n) is 3.12. The van der Waals surface area contributed by atoms with Crippen LogP contribution in [0, 0.1) is 5.92 Å². The normalized spacial score (nSPS) is 22.4. The SMILES string of the molecule is FC(F)(F)Oc1ccccc1N1CCC2CCCC=C21. The lowest BCUT2D eigenvalue weighted by molar-refractivity contribution is -0.274. The molecule has 108 valence electrons. The standard InChI is InChI=1S/C15H16F3NO/c16-15(17,18)20-14-8-4-3-7-13(14)19-10-9-11-5-1-2-6-12(11)19/h3-4,6-8,11H,1-2,5,9-10H2. The molecule has 0 radical (unpaired) electrons. The molecule has 1 saturated heterocycles. The lowest BCUT2D eigenvalue weighted by Crippen LogP contribution is -2.23. The maximum atomic E-state index is 12.5. The Kier molecular flexibility index (Phi) is 3.36. The number of hydrogen-bond donors (Lipinski definition) is 0. The summed E-state index contributed by atoms with van der Waals surface area (Å²) in [4.78, 5) is 1.98. The number of rotatable bonds is 2. The van der Waals surface area contributed by atoms with Gasteiger partial charge in [-0.05, 0) is 37.8 Å². The molecule has 0 aromatic heterocycles. The largest absolute Gasteiger partial charge is 0.573 e. The highest BCUT2D eigenvalue weighted by molar-refractivity contribution is 5.63. The van der Waals surface area contributed by atoms with Gasteiger partial charge in [0.25, 0.3) is 0 Å². The first kappa shape index (κ1) is 13.3. The Balaban J connectivity index is 1.92. The number of ether oxygens (including phenoxy) is 1. The molecule has 2 aliphatic rings. The summed E-state index contributed by atoms with van der Waals surface area (Å²) in [5.41, 5.74) is 1.68. The third kappa shape index (κ3) is 2.62. The van der Waals surface area contributed by atoms with Gasteiger partial charge in [0, 0.05) is 18.2 Å². The minimum atomic E-state index is -4.66. The van der Waals surface area contributed by atoms with Gasteiger partial charge in [0.05, 0.1) is 5.69 Å². The summed E-state index contributed by atoms with van der Waals surface area (Å²) >= 11 is 0. The van der Waals surface area contributed by atoms with Crippen LogP contribution >= 0.6 is 0 Å². The predicted molar refractivity (Wildman–Crippen MR) is 70.5 cm³/mol. The van der Waals surface area contributed by atoms with Gasteiger partial charge in [0.2, 0.25) is 0 Å². The van der Waals surface area contributed by atoms with Gasteiger partial charge in [0.1, 0.15) is 0 Å². The molecule has 1 fully saturated rings. The van der Waals surface area contributed by atoms with Gasteiger partial charge < -0.3 is 9.64 Å². The molecule has 5 heteroatoms. The Hall–Kier alpha value is -1.65. The van der Waals surface area contributed by atoms with E-state index in [1.54, 1.807) is 18.2 Å². The minimum Gasteiger partial charge on any atom is -0.404 e. The van der Waals surface area contributed by atoms with E-state index in [2.05, 4.69) is 10.8 Å². The van der Waals surface area contributed by atoms with Gasteiger partial charge in [-0.15, -0.1) is 13.2 Å². The average molecular weight is 283 g/mol. The highest BCUT2D eigenvalue weighted by atomic mass is 19.4. The molecule has 0 spiro atoms. The number of allylic oxidation sites excluding steroid dienone is 2. The first-order chi connectivity index (χ1) is 9.54. The smallest absolute Gasteiger partial charge is 0.404 e. The van der Waals surface area contributed by atoms with Crippen molar-refractivity contribution < 1.29 is 17.9 Å². The van der Waals surface area contributed by atoms with Gasteiger partial charge in [-0.25, -0.2) is 0 Å². The zero-order valence-electron chi connectivity index (χ0n) is 11.0. The predicted octanol–water partition coefficient (Wildman–Crippen LogP) is 4.48. The minimum absolute atomic E-state index is 0.118. The van der Waals surface area contributed by atoms with Gasteiger partial charge in [-0.1, -0.05) is 18.2 Å². The third-order valence-electron chi connectivity index (χ3n) is 3.92. The zero-order chi connectivity index (χ0) is 14.2. The van der Waals surface area contributed by atoms with Crippen molar-refractivity contribution in [2.24, 2.45) is 5.92 Å². The van der Waals surface area contributed by atoms with Crippen LogP contribution in [0.5, 0.6) is 5.75 Å². The van der Waals surface area contributed by atoms with E-state index in [4.69, 9.17) is 0 Å². The van der Waals surface area contributed by atoms with Crippen LogP contribution in [0.4, 0.5) is 18.9 Å². The second-order valence-corrected chi connectivity index (χ2v) is 5.21. The van der Waals surface area contributed by atoms with Crippen LogP contribution < -0.4 is 9.64 Å². The number of fused-ring (bicyclic) bond motifs is 1. The average Bonchev–Trinajstić information content (AvgIpc) is 2.81. The van der Waals surface area contributed by atoms with E-state index in [0.29, 0.717) is 11.6 Å². The summed E-state index contributed by atoms with van der Waals surface area (Å²) in [6.45, 7) is 0.759. The van der Waals surface area contributed by atoms with Crippen molar-refractivity contribution in [3.63, 3.8) is 0 Å². The molecular formula is C15H16F3NO. The summed E-state index contributed by atoms with van der Waals surface area (Å²) in [5, 5.41) is 0. The van der Waals surface area contributed by atoms with E-state index >= 15 is 0 Å². The first-order valence-corrected chi connectivity index (χ1v) is 6.87. The lowest BCUT2D eigenvalue weighted by Gasteiger charge is -2.27. The number of halogens is 3. The summed E-state index contributed by atoms with van der Waals surface area (Å²) in [6, 6.07) is 6.38. The van der Waals surface area contributed by atoms with Crippen molar-refractivity contribution >= 4 is 5.69 Å². The first-order valence-electron chi connectivity index (χ1n) is 6.87. The highest BCUT2D eigenvalue weighted by Gasteiger charge is 2.35. The van der Waals surface area contributed by atoms with E-state index in [1.807, 2.05) is 4.90 Å². The van der Waals surface area contributed by atoms with Crippen LogP contribution in [0.3, 0.4) is 0 Å². The monoisotopic (exact) mass is 283 g/mol. The van der Waals surface area contributed by atoms with Gasteiger partial charge >= 0.3 is 6.36 Å². The molecule has 0 amide bonds. The van der Waals surface area contributed by atoms with E-state index in [1.165, 1.54) is 12.5 Å². The molecular weight excluding hydrogens is 267 g/mol. The van der Waals surface area contributed by atoms with Gasteiger partial charge in [-0.3, -0.25) is 0 Å². The Morgan fingerprint density at radius 3 is 2.75 bits per heavy atom. The number of benzene rings is 1. The van der Waals surface area contributed by atoms with Gasteiger partial charge in [-0.2, -0.15) is 0 Å². The number of hydrogen-bond acceptors (Lipinski definition) is 2. The number of anilines is 1. The Bertz CT molecular complexity index is 524. The lowest BCUT2D eigenvalue weighted by atomic mass is 9.92. The highest BCUT2D eigenvalue weighted by Crippen LogP contribution is 2.42. The fraction of sp³-hybridized carbons (Fsp3) is 0.467. The quantitative estimate of drug-likeness (QED) is 0.793. The fourth-order valence-corrected chi connectivity index (χ4v) is 3.12. The molecule has 0 saturated carbocycles. The van der Waals surface area contributed by atoms with Crippen LogP contribution in [0.2, 0.25) is 0 Å². The third-order valence-corrected chi connectivity index (χ3v) is 3.92. The van der Waals surface area contributed by atoms with Crippen LogP contribution in [0.1, 0.15) is 25.7 Å². The molecule has 3 rings (SSSR count). The van der Waals surface area contributed by atoms with Crippen LogP contribution in [0.25, 0.3) is 0 Å². The van der Waals surface area contributed by atoms with E-state index in [0.717, 1.165) is 31.5 Å². The van der Waals surface area contributed by atoms with Crippen molar-refractivity contribution in [2.45, 2.75) is 32.0 Å². The molecule has 1 aromatic carbocycles. The van der Waals surface area contributed by atoms with Crippen LogP contribution in [-0.2, 0) is 0 Å². The van der Waals surface area contributed by atoms with Crippen LogP contribution in [-0.4, -0.2) is 12.9 Å². The molecule has 20 heavy (non-hydrogen) atoms. The molecule has 1 heterocycles. The molecule has 1 aromatic rings. The molecule has 0 bridgehead atoms. The number of para-hydroxylation sites is 2. The van der Waals surface area contributed by atoms with Gasteiger partial charge in [0.15, 0.2) is 5.75 Å². The van der Waals surface area contributed by atoms with Crippen molar-refractivity contribution in [1.82, 2.24) is 0 Å². The van der Waals surface area contributed by atoms with E-state index in [-0.39, 0.29) is 5.75 Å². The maximum absolute atomic E-state index is 12.5. The Morgan fingerprint density at radius 2 is 1.95 bits per heavy atom. The molecule has 1 aliphatic carbocycles. The number of nitrogens with zero attached hydrogens (tertiary/aromatic N) is 1. The Labute approximate surface area is 115 Å². The maximum Gasteiger partial charge on any atom is 0.573 e. The summed E-state index contributed by atoms with van der Waals surface area (Å²) in [5.74, 6) is 0.370. The second kappa shape index (κ2) is 5.04. The molecule has 1 atom stereocenters. The number of alkyl halides is 3. The molecule has 1 aliphatic heterocycles. The summed E-state index contributed by atoms with van der Waals surface area (Å²) in [7, 11) is 0. The summed E-state index contributed by atoms with van der Waals surface area (Å²) < 4.78 is 41.6. The molecule has 2 nitrogen and oxygen atoms in total.